The van der Waals surface area contributed by atoms with Crippen LogP contribution in [-0.4, -0.2) is 15.0 Å². The summed E-state index contributed by atoms with van der Waals surface area (Å²) in [5, 5.41) is 0. The maximum Gasteiger partial charge on any atom is 0.241 e. The number of fused-ring (bicyclic) bond motifs is 1. The summed E-state index contributed by atoms with van der Waals surface area (Å²) in [6.07, 6.45) is 0. The third-order valence-corrected chi connectivity index (χ3v) is 3.49. The van der Waals surface area contributed by atoms with Crippen molar-refractivity contribution in [2.45, 2.75) is 4.90 Å². The van der Waals surface area contributed by atoms with E-state index < -0.39 is 10.0 Å². The Bertz CT molecular complexity index is 462. The number of nitrogens with one attached hydrogen (secondary N) is 1. The third-order valence-electron chi connectivity index (χ3n) is 2.03. The van der Waals surface area contributed by atoms with Gasteiger partial charge < -0.3 is 0 Å². The molecule has 1 aliphatic heterocycles. The van der Waals surface area contributed by atoms with E-state index in [-0.39, 0.29) is 0 Å². The van der Waals surface area contributed by atoms with Gasteiger partial charge in [-0.15, -0.1) is 0 Å². The molecule has 68 valence electrons. The molecule has 0 unspecified atom stereocenters. The molecule has 0 bridgehead atoms. The van der Waals surface area contributed by atoms with Gasteiger partial charge in [-0.25, -0.2) is 13.1 Å². The fourth-order valence-electron chi connectivity index (χ4n) is 1.35. The van der Waals surface area contributed by atoms with Crippen molar-refractivity contribution in [3.8, 4) is 0 Å². The Hall–Kier alpha value is -1.13. The van der Waals surface area contributed by atoms with Crippen LogP contribution in [0.25, 0.3) is 5.57 Å². The maximum absolute atomic E-state index is 11.5. The number of sulfonamides is 1. The number of hydrogen-bond donors (Lipinski definition) is 1. The molecule has 4 heteroatoms. The second-order valence-electron chi connectivity index (χ2n) is 2.92. The first-order chi connectivity index (χ1) is 6.11. The third kappa shape index (κ3) is 1.28. The molecule has 0 saturated heterocycles. The fourth-order valence-corrected chi connectivity index (χ4v) is 2.63. The minimum atomic E-state index is -3.29. The Kier molecular flexibility index (Phi) is 1.75. The Balaban J connectivity index is 2.76. The molecule has 0 aliphatic carbocycles. The molecule has 1 aliphatic rings. The average Bonchev–Trinajstić information content (AvgIpc) is 2.13. The van der Waals surface area contributed by atoms with Gasteiger partial charge in [0.05, 0.1) is 4.90 Å². The zero-order valence-corrected chi connectivity index (χ0v) is 7.76. The summed E-state index contributed by atoms with van der Waals surface area (Å²) in [5.41, 5.74) is 1.53. The lowest BCUT2D eigenvalue weighted by atomic mass is 10.1. The molecule has 2 rings (SSSR count). The van der Waals surface area contributed by atoms with E-state index in [2.05, 4.69) is 11.3 Å². The molecule has 13 heavy (non-hydrogen) atoms. The van der Waals surface area contributed by atoms with E-state index in [9.17, 15) is 8.42 Å². The van der Waals surface area contributed by atoms with E-state index in [1.54, 1.807) is 18.2 Å². The molecular formula is C9H9NO2S. The Morgan fingerprint density at radius 1 is 1.31 bits per heavy atom. The van der Waals surface area contributed by atoms with Crippen molar-refractivity contribution in [2.75, 3.05) is 6.54 Å². The summed E-state index contributed by atoms with van der Waals surface area (Å²) in [7, 11) is -3.29. The van der Waals surface area contributed by atoms with Crippen LogP contribution in [0.2, 0.25) is 0 Å². The lowest BCUT2D eigenvalue weighted by molar-refractivity contribution is 0.583. The van der Waals surface area contributed by atoms with Crippen LogP contribution >= 0.6 is 0 Å². The van der Waals surface area contributed by atoms with Gasteiger partial charge in [0.2, 0.25) is 10.0 Å². The summed E-state index contributed by atoms with van der Waals surface area (Å²) in [5.74, 6) is 0. The highest BCUT2D eigenvalue weighted by Crippen LogP contribution is 2.25. The summed E-state index contributed by atoms with van der Waals surface area (Å²) < 4.78 is 25.4. The molecule has 0 spiro atoms. The van der Waals surface area contributed by atoms with E-state index >= 15 is 0 Å². The van der Waals surface area contributed by atoms with Crippen LogP contribution in [-0.2, 0) is 10.0 Å². The van der Waals surface area contributed by atoms with Gasteiger partial charge in [-0.2, -0.15) is 0 Å². The van der Waals surface area contributed by atoms with Gasteiger partial charge in [-0.05, 0) is 17.2 Å². The molecule has 1 aromatic carbocycles. The highest BCUT2D eigenvalue weighted by molar-refractivity contribution is 7.89. The van der Waals surface area contributed by atoms with Crippen molar-refractivity contribution in [2.24, 2.45) is 0 Å². The monoisotopic (exact) mass is 195 g/mol. The molecule has 0 radical (unpaired) electrons. The molecule has 0 fully saturated rings. The van der Waals surface area contributed by atoms with E-state index in [0.717, 1.165) is 11.1 Å². The minimum absolute atomic E-state index is 0.305. The molecule has 1 aromatic rings. The van der Waals surface area contributed by atoms with Crippen LogP contribution in [0.3, 0.4) is 0 Å². The van der Waals surface area contributed by atoms with E-state index in [4.69, 9.17) is 0 Å². The fraction of sp³-hybridized carbons (Fsp3) is 0.111. The predicted molar refractivity (Wildman–Crippen MR) is 50.7 cm³/mol. The minimum Gasteiger partial charge on any atom is -0.207 e. The zero-order valence-electron chi connectivity index (χ0n) is 6.95. The molecule has 0 amide bonds. The molecule has 3 nitrogen and oxygen atoms in total. The summed E-state index contributed by atoms with van der Waals surface area (Å²) >= 11 is 0. The predicted octanol–water partition coefficient (Wildman–Crippen LogP) is 0.992. The summed E-state index contributed by atoms with van der Waals surface area (Å²) in [6, 6.07) is 6.87. The first-order valence-electron chi connectivity index (χ1n) is 3.88. The highest BCUT2D eigenvalue weighted by atomic mass is 32.2. The normalized spacial score (nSPS) is 19.5. The average molecular weight is 195 g/mol. The maximum atomic E-state index is 11.5. The van der Waals surface area contributed by atoms with Gasteiger partial charge in [0.25, 0.3) is 0 Å². The molecular weight excluding hydrogens is 186 g/mol. The number of benzene rings is 1. The van der Waals surface area contributed by atoms with Gasteiger partial charge in [0.15, 0.2) is 0 Å². The second kappa shape index (κ2) is 2.68. The van der Waals surface area contributed by atoms with Gasteiger partial charge >= 0.3 is 0 Å². The van der Waals surface area contributed by atoms with Crippen molar-refractivity contribution in [3.05, 3.63) is 36.4 Å². The number of hydrogen-bond acceptors (Lipinski definition) is 2. The van der Waals surface area contributed by atoms with Crippen LogP contribution in [0.4, 0.5) is 0 Å². The van der Waals surface area contributed by atoms with Gasteiger partial charge in [0, 0.05) is 6.54 Å². The quantitative estimate of drug-likeness (QED) is 0.671. The Labute approximate surface area is 77.1 Å². The Morgan fingerprint density at radius 2 is 2.00 bits per heavy atom. The van der Waals surface area contributed by atoms with Crippen molar-refractivity contribution in [3.63, 3.8) is 0 Å². The molecule has 1 N–H and O–H groups in total. The van der Waals surface area contributed by atoms with E-state index in [0.29, 0.717) is 11.4 Å². The highest BCUT2D eigenvalue weighted by Gasteiger charge is 2.23. The van der Waals surface area contributed by atoms with Crippen LogP contribution in [0, 0.1) is 0 Å². The van der Waals surface area contributed by atoms with Gasteiger partial charge in [0.1, 0.15) is 0 Å². The lowest BCUT2D eigenvalue weighted by Gasteiger charge is -2.18. The van der Waals surface area contributed by atoms with Crippen LogP contribution in [0.15, 0.2) is 35.7 Å². The van der Waals surface area contributed by atoms with Gasteiger partial charge in [-0.1, -0.05) is 24.8 Å². The smallest absolute Gasteiger partial charge is 0.207 e. The zero-order chi connectivity index (χ0) is 9.47. The van der Waals surface area contributed by atoms with Gasteiger partial charge in [-0.3, -0.25) is 0 Å². The Morgan fingerprint density at radius 3 is 2.69 bits per heavy atom. The summed E-state index contributed by atoms with van der Waals surface area (Å²) in [6.45, 7) is 4.10. The molecule has 0 atom stereocenters. The van der Waals surface area contributed by atoms with E-state index in [1.165, 1.54) is 0 Å². The second-order valence-corrected chi connectivity index (χ2v) is 4.66. The van der Waals surface area contributed by atoms with E-state index in [1.807, 2.05) is 6.07 Å². The van der Waals surface area contributed by atoms with Crippen LogP contribution < -0.4 is 4.72 Å². The van der Waals surface area contributed by atoms with Crippen molar-refractivity contribution < 1.29 is 8.42 Å². The standard InChI is InChI=1S/C9H9NO2S/c1-7-6-10-13(11,12)9-5-3-2-4-8(7)9/h2-5,10H,1,6H2. The molecule has 0 aromatic heterocycles. The molecule has 0 saturated carbocycles. The van der Waals surface area contributed by atoms with Crippen molar-refractivity contribution in [1.29, 1.82) is 0 Å². The summed E-state index contributed by atoms with van der Waals surface area (Å²) in [4.78, 5) is 0.325. The molecule has 1 heterocycles. The largest absolute Gasteiger partial charge is 0.241 e. The first kappa shape index (κ1) is 8.47. The lowest BCUT2D eigenvalue weighted by Crippen LogP contribution is -2.30. The topological polar surface area (TPSA) is 46.2 Å². The van der Waals surface area contributed by atoms with Crippen molar-refractivity contribution in [1.82, 2.24) is 4.72 Å². The van der Waals surface area contributed by atoms with Crippen molar-refractivity contribution >= 4 is 15.6 Å². The van der Waals surface area contributed by atoms with Crippen LogP contribution in [0.5, 0.6) is 0 Å². The van der Waals surface area contributed by atoms with Crippen LogP contribution in [0.1, 0.15) is 5.56 Å². The first-order valence-corrected chi connectivity index (χ1v) is 5.36. The SMILES string of the molecule is C=C1CNS(=O)(=O)c2ccccc21. The number of rotatable bonds is 0.